The maximum absolute atomic E-state index is 11.5. The van der Waals surface area contributed by atoms with E-state index in [1.165, 1.54) is 13.1 Å². The number of nitrogens with one attached hydrogen (secondary N) is 2. The summed E-state index contributed by atoms with van der Waals surface area (Å²) in [5, 5.41) is 12.6. The maximum Gasteiger partial charge on any atom is 0.273 e. The molecule has 110 valence electrons. The van der Waals surface area contributed by atoms with Crippen LogP contribution in [0.5, 0.6) is 0 Å². The first-order valence-corrected chi connectivity index (χ1v) is 7.74. The fourth-order valence-corrected chi connectivity index (χ4v) is 2.35. The summed E-state index contributed by atoms with van der Waals surface area (Å²) in [6.07, 6.45) is 0.320. The molecule has 1 atom stereocenters. The van der Waals surface area contributed by atoms with Crippen molar-refractivity contribution in [3.8, 4) is 0 Å². The summed E-state index contributed by atoms with van der Waals surface area (Å²) in [6.45, 7) is 4.93. The lowest BCUT2D eigenvalue weighted by atomic mass is 10.1. The molecule has 0 saturated carbocycles. The summed E-state index contributed by atoms with van der Waals surface area (Å²) in [6, 6.07) is 3.01. The van der Waals surface area contributed by atoms with Crippen LogP contribution in [0.15, 0.2) is 21.6 Å². The SMILES string of the molecule is CNS(=O)(=O)c1ccc(CNCC(O)CC(C)C)o1. The van der Waals surface area contributed by atoms with Crippen LogP contribution in [0.3, 0.4) is 0 Å². The number of aliphatic hydroxyl groups excluding tert-OH is 1. The Kier molecular flexibility index (Phi) is 5.99. The van der Waals surface area contributed by atoms with E-state index in [-0.39, 0.29) is 5.09 Å². The Hall–Kier alpha value is -0.890. The van der Waals surface area contributed by atoms with Crippen molar-refractivity contribution in [3.05, 3.63) is 17.9 Å². The fraction of sp³-hybridized carbons (Fsp3) is 0.667. The van der Waals surface area contributed by atoms with Gasteiger partial charge in [-0.2, -0.15) is 0 Å². The molecule has 1 heterocycles. The van der Waals surface area contributed by atoms with Crippen molar-refractivity contribution in [1.82, 2.24) is 10.0 Å². The second-order valence-electron chi connectivity index (χ2n) is 4.84. The largest absolute Gasteiger partial charge is 0.447 e. The van der Waals surface area contributed by atoms with Crippen LogP contribution in [0.2, 0.25) is 0 Å². The van der Waals surface area contributed by atoms with Crippen LogP contribution >= 0.6 is 0 Å². The summed E-state index contributed by atoms with van der Waals surface area (Å²) >= 11 is 0. The molecule has 0 bridgehead atoms. The standard InChI is InChI=1S/C12H22N2O4S/c1-9(2)6-10(15)7-14-8-11-4-5-12(18-11)19(16,17)13-3/h4-5,9-10,13-15H,6-8H2,1-3H3. The van der Waals surface area contributed by atoms with Gasteiger partial charge in [-0.05, 0) is 31.5 Å². The first-order valence-electron chi connectivity index (χ1n) is 6.26. The van der Waals surface area contributed by atoms with Gasteiger partial charge in [0, 0.05) is 6.54 Å². The van der Waals surface area contributed by atoms with E-state index in [1.807, 2.05) is 13.8 Å². The number of aliphatic hydroxyl groups is 1. The highest BCUT2D eigenvalue weighted by atomic mass is 32.2. The third-order valence-electron chi connectivity index (χ3n) is 2.59. The fourth-order valence-electron chi connectivity index (χ4n) is 1.69. The van der Waals surface area contributed by atoms with Gasteiger partial charge in [0.1, 0.15) is 5.76 Å². The predicted octanol–water partition coefficient (Wildman–Crippen LogP) is 0.684. The Bertz CT molecular complexity index is 482. The number of sulfonamides is 1. The van der Waals surface area contributed by atoms with Crippen molar-refractivity contribution < 1.29 is 17.9 Å². The molecule has 1 rings (SSSR count). The second kappa shape index (κ2) is 7.04. The smallest absolute Gasteiger partial charge is 0.273 e. The third kappa shape index (κ3) is 5.32. The van der Waals surface area contributed by atoms with E-state index >= 15 is 0 Å². The molecular weight excluding hydrogens is 268 g/mol. The quantitative estimate of drug-likeness (QED) is 0.655. The molecule has 0 aromatic carbocycles. The average Bonchev–Trinajstić information content (AvgIpc) is 2.77. The topological polar surface area (TPSA) is 91.6 Å². The molecular formula is C12H22N2O4S. The zero-order valence-electron chi connectivity index (χ0n) is 11.5. The van der Waals surface area contributed by atoms with Gasteiger partial charge in [-0.3, -0.25) is 0 Å². The molecule has 1 aromatic rings. The summed E-state index contributed by atoms with van der Waals surface area (Å²) in [7, 11) is -2.20. The zero-order chi connectivity index (χ0) is 14.5. The van der Waals surface area contributed by atoms with Gasteiger partial charge in [0.15, 0.2) is 0 Å². The molecule has 19 heavy (non-hydrogen) atoms. The first kappa shape index (κ1) is 16.2. The molecule has 0 aliphatic carbocycles. The van der Waals surface area contributed by atoms with Crippen LogP contribution in [0, 0.1) is 5.92 Å². The molecule has 6 nitrogen and oxygen atoms in total. The molecule has 1 aromatic heterocycles. The molecule has 0 radical (unpaired) electrons. The van der Waals surface area contributed by atoms with Crippen LogP contribution in [0.4, 0.5) is 0 Å². The Morgan fingerprint density at radius 2 is 2.05 bits per heavy atom. The van der Waals surface area contributed by atoms with Gasteiger partial charge in [-0.1, -0.05) is 13.8 Å². The van der Waals surface area contributed by atoms with E-state index in [0.717, 1.165) is 6.42 Å². The molecule has 0 spiro atoms. The highest BCUT2D eigenvalue weighted by molar-refractivity contribution is 7.89. The molecule has 3 N–H and O–H groups in total. The van der Waals surface area contributed by atoms with Gasteiger partial charge in [0.25, 0.3) is 10.0 Å². The van der Waals surface area contributed by atoms with Gasteiger partial charge in [0.2, 0.25) is 5.09 Å². The average molecular weight is 290 g/mol. The van der Waals surface area contributed by atoms with Gasteiger partial charge < -0.3 is 14.8 Å². The van der Waals surface area contributed by atoms with Crippen LogP contribution in [-0.4, -0.2) is 33.2 Å². The van der Waals surface area contributed by atoms with Crippen molar-refractivity contribution in [1.29, 1.82) is 0 Å². The van der Waals surface area contributed by atoms with E-state index in [2.05, 4.69) is 10.0 Å². The molecule has 7 heteroatoms. The number of furan rings is 1. The van der Waals surface area contributed by atoms with Crippen molar-refractivity contribution in [2.24, 2.45) is 5.92 Å². The molecule has 0 amide bonds. The molecule has 1 unspecified atom stereocenters. The monoisotopic (exact) mass is 290 g/mol. The summed E-state index contributed by atoms with van der Waals surface area (Å²) in [5.74, 6) is 0.957. The maximum atomic E-state index is 11.5. The van der Waals surface area contributed by atoms with E-state index in [0.29, 0.717) is 24.8 Å². The van der Waals surface area contributed by atoms with Crippen LogP contribution in [0.1, 0.15) is 26.0 Å². The minimum atomic E-state index is -3.53. The number of hydrogen-bond donors (Lipinski definition) is 3. The number of hydrogen-bond acceptors (Lipinski definition) is 5. The normalized spacial score (nSPS) is 13.9. The Morgan fingerprint density at radius 3 is 2.63 bits per heavy atom. The minimum absolute atomic E-state index is 0.102. The van der Waals surface area contributed by atoms with Crippen molar-refractivity contribution >= 4 is 10.0 Å². The Morgan fingerprint density at radius 1 is 1.37 bits per heavy atom. The van der Waals surface area contributed by atoms with Gasteiger partial charge >= 0.3 is 0 Å². The Balaban J connectivity index is 2.43. The molecule has 0 aliphatic heterocycles. The lowest BCUT2D eigenvalue weighted by Crippen LogP contribution is -2.27. The minimum Gasteiger partial charge on any atom is -0.447 e. The van der Waals surface area contributed by atoms with Crippen molar-refractivity contribution in [3.63, 3.8) is 0 Å². The third-order valence-corrected chi connectivity index (χ3v) is 3.88. The van der Waals surface area contributed by atoms with Gasteiger partial charge in [0.05, 0.1) is 12.6 Å². The van der Waals surface area contributed by atoms with Crippen LogP contribution < -0.4 is 10.0 Å². The van der Waals surface area contributed by atoms with Crippen molar-refractivity contribution in [2.75, 3.05) is 13.6 Å². The lowest BCUT2D eigenvalue weighted by molar-refractivity contribution is 0.145. The van der Waals surface area contributed by atoms with E-state index in [9.17, 15) is 13.5 Å². The molecule has 0 saturated heterocycles. The summed E-state index contributed by atoms with van der Waals surface area (Å²) in [5.41, 5.74) is 0. The van der Waals surface area contributed by atoms with Gasteiger partial charge in [-0.25, -0.2) is 13.1 Å². The first-order chi connectivity index (χ1) is 8.85. The summed E-state index contributed by atoms with van der Waals surface area (Å²) < 4.78 is 30.3. The molecule has 0 aliphatic rings. The highest BCUT2D eigenvalue weighted by Crippen LogP contribution is 2.13. The molecule has 0 fully saturated rings. The van der Waals surface area contributed by atoms with Crippen LogP contribution in [-0.2, 0) is 16.6 Å². The Labute approximate surface area is 114 Å². The zero-order valence-corrected chi connectivity index (χ0v) is 12.3. The van der Waals surface area contributed by atoms with Crippen molar-refractivity contribution in [2.45, 2.75) is 38.0 Å². The lowest BCUT2D eigenvalue weighted by Gasteiger charge is -2.13. The summed E-state index contributed by atoms with van der Waals surface area (Å²) in [4.78, 5) is 0. The van der Waals surface area contributed by atoms with Gasteiger partial charge in [-0.15, -0.1) is 0 Å². The second-order valence-corrected chi connectivity index (χ2v) is 6.66. The highest BCUT2D eigenvalue weighted by Gasteiger charge is 2.16. The van der Waals surface area contributed by atoms with Crippen LogP contribution in [0.25, 0.3) is 0 Å². The predicted molar refractivity (Wildman–Crippen MR) is 72.1 cm³/mol. The van der Waals surface area contributed by atoms with E-state index < -0.39 is 16.1 Å². The number of rotatable bonds is 8. The van der Waals surface area contributed by atoms with E-state index in [4.69, 9.17) is 4.42 Å². The van der Waals surface area contributed by atoms with E-state index in [1.54, 1.807) is 6.07 Å².